The Bertz CT molecular complexity index is 553. The van der Waals surface area contributed by atoms with Crippen molar-refractivity contribution in [3.63, 3.8) is 0 Å². The normalized spacial score (nSPS) is 23.6. The summed E-state index contributed by atoms with van der Waals surface area (Å²) in [7, 11) is -3.31. The molecule has 6 heteroatoms. The molecule has 2 aliphatic rings. The molecule has 1 aromatic rings. The van der Waals surface area contributed by atoms with E-state index in [1.54, 1.807) is 0 Å². The van der Waals surface area contributed by atoms with Crippen molar-refractivity contribution < 1.29 is 13.2 Å². The van der Waals surface area contributed by atoms with E-state index in [1.165, 1.54) is 4.31 Å². The minimum atomic E-state index is -3.31. The molecule has 19 heavy (non-hydrogen) atoms. The molecule has 0 bridgehead atoms. The highest BCUT2D eigenvalue weighted by Crippen LogP contribution is 2.34. The number of ether oxygens (including phenoxy) is 1. The van der Waals surface area contributed by atoms with Crippen molar-refractivity contribution in [3.05, 3.63) is 24.3 Å². The summed E-state index contributed by atoms with van der Waals surface area (Å²) >= 11 is 0. The summed E-state index contributed by atoms with van der Waals surface area (Å²) in [6.07, 6.45) is 1.40. The lowest BCUT2D eigenvalue weighted by molar-refractivity contribution is 0.322. The fourth-order valence-corrected chi connectivity index (χ4v) is 4.54. The second kappa shape index (κ2) is 5.02. The highest BCUT2D eigenvalue weighted by molar-refractivity contribution is 7.93. The first kappa shape index (κ1) is 12.7. The van der Waals surface area contributed by atoms with Gasteiger partial charge in [0.15, 0.2) is 0 Å². The van der Waals surface area contributed by atoms with E-state index in [1.807, 2.05) is 24.3 Å². The number of benzene rings is 1. The van der Waals surface area contributed by atoms with Crippen molar-refractivity contribution in [1.82, 2.24) is 5.32 Å². The Morgan fingerprint density at radius 3 is 2.95 bits per heavy atom. The smallest absolute Gasteiger partial charge is 0.239 e. The summed E-state index contributed by atoms with van der Waals surface area (Å²) in [6.45, 7) is 2.37. The summed E-state index contributed by atoms with van der Waals surface area (Å²) in [5, 5.41) is 2.80. The average molecular weight is 282 g/mol. The number of nitrogens with zero attached hydrogens (tertiary/aromatic N) is 1. The lowest BCUT2D eigenvalue weighted by Crippen LogP contribution is -2.40. The number of hydrogen-bond donors (Lipinski definition) is 1. The van der Waals surface area contributed by atoms with Crippen molar-refractivity contribution in [2.24, 2.45) is 0 Å². The predicted octanol–water partition coefficient (Wildman–Crippen LogP) is 0.967. The van der Waals surface area contributed by atoms with Crippen LogP contribution in [0.5, 0.6) is 5.75 Å². The topological polar surface area (TPSA) is 58.6 Å². The van der Waals surface area contributed by atoms with Gasteiger partial charge in [0.2, 0.25) is 10.0 Å². The maximum Gasteiger partial charge on any atom is 0.239 e. The Balaban J connectivity index is 2.00. The molecule has 0 aliphatic carbocycles. The van der Waals surface area contributed by atoms with Crippen molar-refractivity contribution in [2.75, 3.05) is 30.5 Å². The van der Waals surface area contributed by atoms with Crippen LogP contribution < -0.4 is 14.4 Å². The molecule has 1 fully saturated rings. The Morgan fingerprint density at radius 2 is 2.16 bits per heavy atom. The molecule has 1 unspecified atom stereocenters. The number of nitrogens with one attached hydrogen (secondary N) is 1. The summed E-state index contributed by atoms with van der Waals surface area (Å²) in [6, 6.07) is 7.37. The molecular weight excluding hydrogens is 264 g/mol. The first-order chi connectivity index (χ1) is 9.19. The maximum atomic E-state index is 12.7. The molecule has 1 N–H and O–H groups in total. The van der Waals surface area contributed by atoms with Crippen LogP contribution in [0.1, 0.15) is 12.8 Å². The van der Waals surface area contributed by atoms with Crippen molar-refractivity contribution in [2.45, 2.75) is 18.1 Å². The van der Waals surface area contributed by atoms with Crippen LogP contribution in [0, 0.1) is 0 Å². The molecule has 0 amide bonds. The standard InChI is InChI=1S/C13H18N2O3S/c16-19(17,11-6-7-14-10-11)15-8-3-9-18-13-5-2-1-4-12(13)15/h1-2,4-5,11,14H,3,6-10H2. The number of fused-ring (bicyclic) bond motifs is 1. The summed E-state index contributed by atoms with van der Waals surface area (Å²) in [4.78, 5) is 0. The van der Waals surface area contributed by atoms with E-state index < -0.39 is 10.0 Å². The molecule has 0 saturated carbocycles. The quantitative estimate of drug-likeness (QED) is 0.878. The number of rotatable bonds is 2. The Hall–Kier alpha value is -1.27. The zero-order valence-corrected chi connectivity index (χ0v) is 11.5. The zero-order valence-electron chi connectivity index (χ0n) is 10.7. The van der Waals surface area contributed by atoms with Gasteiger partial charge in [-0.25, -0.2) is 8.42 Å². The number of sulfonamides is 1. The van der Waals surface area contributed by atoms with Crippen LogP contribution in [0.25, 0.3) is 0 Å². The molecule has 0 aromatic heterocycles. The Labute approximate surface area is 113 Å². The van der Waals surface area contributed by atoms with Gasteiger partial charge in [0.25, 0.3) is 0 Å². The Morgan fingerprint density at radius 1 is 1.32 bits per heavy atom. The largest absolute Gasteiger partial charge is 0.491 e. The molecule has 1 aromatic carbocycles. The van der Waals surface area contributed by atoms with E-state index in [4.69, 9.17) is 4.74 Å². The average Bonchev–Trinajstić information content (AvgIpc) is 2.86. The lowest BCUT2D eigenvalue weighted by atomic mass is 10.3. The molecule has 1 atom stereocenters. The van der Waals surface area contributed by atoms with Crippen molar-refractivity contribution in [3.8, 4) is 5.75 Å². The first-order valence-electron chi connectivity index (χ1n) is 6.64. The van der Waals surface area contributed by atoms with Crippen LogP contribution in [-0.2, 0) is 10.0 Å². The summed E-state index contributed by atoms with van der Waals surface area (Å²) in [5.74, 6) is 0.662. The molecule has 2 heterocycles. The van der Waals surface area contributed by atoms with Crippen LogP contribution in [-0.4, -0.2) is 39.9 Å². The van der Waals surface area contributed by atoms with Gasteiger partial charge in [0, 0.05) is 19.5 Å². The van der Waals surface area contributed by atoms with Crippen LogP contribution in [0.4, 0.5) is 5.69 Å². The second-order valence-corrected chi connectivity index (χ2v) is 7.04. The molecule has 2 aliphatic heterocycles. The third kappa shape index (κ3) is 2.30. The van der Waals surface area contributed by atoms with Gasteiger partial charge in [-0.2, -0.15) is 0 Å². The molecule has 104 valence electrons. The fourth-order valence-electron chi connectivity index (χ4n) is 2.62. The van der Waals surface area contributed by atoms with E-state index in [0.29, 0.717) is 44.0 Å². The van der Waals surface area contributed by atoms with Gasteiger partial charge in [-0.3, -0.25) is 4.31 Å². The number of anilines is 1. The molecule has 0 radical (unpaired) electrons. The first-order valence-corrected chi connectivity index (χ1v) is 8.14. The van der Waals surface area contributed by atoms with Gasteiger partial charge in [-0.05, 0) is 25.1 Å². The van der Waals surface area contributed by atoms with Crippen molar-refractivity contribution >= 4 is 15.7 Å². The summed E-state index contributed by atoms with van der Waals surface area (Å²) < 4.78 is 32.6. The highest BCUT2D eigenvalue weighted by Gasteiger charge is 2.35. The fraction of sp³-hybridized carbons (Fsp3) is 0.538. The third-order valence-electron chi connectivity index (χ3n) is 3.64. The van der Waals surface area contributed by atoms with E-state index in [9.17, 15) is 8.42 Å². The SMILES string of the molecule is O=S(=O)(C1CCNC1)N1CCCOc2ccccc21. The van der Waals surface area contributed by atoms with E-state index in [-0.39, 0.29) is 5.25 Å². The summed E-state index contributed by atoms with van der Waals surface area (Å²) in [5.41, 5.74) is 0.673. The minimum Gasteiger partial charge on any atom is -0.491 e. The van der Waals surface area contributed by atoms with Crippen LogP contribution in [0.3, 0.4) is 0 Å². The zero-order chi connectivity index (χ0) is 13.3. The van der Waals surface area contributed by atoms with Gasteiger partial charge in [-0.1, -0.05) is 12.1 Å². The molecule has 1 saturated heterocycles. The van der Waals surface area contributed by atoms with Crippen molar-refractivity contribution in [1.29, 1.82) is 0 Å². The van der Waals surface area contributed by atoms with E-state index in [2.05, 4.69) is 5.32 Å². The second-order valence-electron chi connectivity index (χ2n) is 4.90. The number of para-hydroxylation sites is 2. The Kier molecular flexibility index (Phi) is 3.36. The molecule has 5 nitrogen and oxygen atoms in total. The minimum absolute atomic E-state index is 0.321. The predicted molar refractivity (Wildman–Crippen MR) is 74.1 cm³/mol. The van der Waals surface area contributed by atoms with Crippen LogP contribution in [0.15, 0.2) is 24.3 Å². The van der Waals surface area contributed by atoms with Crippen LogP contribution in [0.2, 0.25) is 0 Å². The number of hydrogen-bond acceptors (Lipinski definition) is 4. The van der Waals surface area contributed by atoms with Crippen LogP contribution >= 0.6 is 0 Å². The molecular formula is C13H18N2O3S. The maximum absolute atomic E-state index is 12.7. The van der Waals surface area contributed by atoms with Gasteiger partial charge in [-0.15, -0.1) is 0 Å². The van der Waals surface area contributed by atoms with Gasteiger partial charge >= 0.3 is 0 Å². The van der Waals surface area contributed by atoms with Gasteiger partial charge < -0.3 is 10.1 Å². The molecule has 3 rings (SSSR count). The monoisotopic (exact) mass is 282 g/mol. The third-order valence-corrected chi connectivity index (χ3v) is 5.88. The lowest BCUT2D eigenvalue weighted by Gasteiger charge is -2.26. The highest BCUT2D eigenvalue weighted by atomic mass is 32.2. The van der Waals surface area contributed by atoms with Gasteiger partial charge in [0.1, 0.15) is 5.75 Å². The van der Waals surface area contributed by atoms with Gasteiger partial charge in [0.05, 0.1) is 17.5 Å². The van der Waals surface area contributed by atoms with E-state index in [0.717, 1.165) is 6.54 Å². The molecule has 0 spiro atoms. The van der Waals surface area contributed by atoms with E-state index >= 15 is 0 Å².